The van der Waals surface area contributed by atoms with Crippen LogP contribution in [0, 0.1) is 26.8 Å². The Hall–Kier alpha value is -2.69. The number of nitrogen functional groups attached to an aromatic ring is 1. The predicted molar refractivity (Wildman–Crippen MR) is 105 cm³/mol. The molecule has 3 N–H and O–H groups in total. The van der Waals surface area contributed by atoms with E-state index in [9.17, 15) is 22.4 Å². The molecule has 0 saturated carbocycles. The molecular weight excluding hydrogens is 489 g/mol. The summed E-state index contributed by atoms with van der Waals surface area (Å²) in [5, 5.41) is 2.38. The van der Waals surface area contributed by atoms with Gasteiger partial charge in [0.15, 0.2) is 23.3 Å². The fourth-order valence-corrected chi connectivity index (χ4v) is 3.03. The highest BCUT2D eigenvalue weighted by Crippen LogP contribution is 2.31. The molecular formula is C19H11F4IN3O. The molecule has 0 fully saturated rings. The predicted octanol–water partition coefficient (Wildman–Crippen LogP) is 4.62. The van der Waals surface area contributed by atoms with E-state index in [1.165, 1.54) is 30.7 Å². The summed E-state index contributed by atoms with van der Waals surface area (Å²) in [6.45, 7) is 0. The van der Waals surface area contributed by atoms with Gasteiger partial charge < -0.3 is 11.1 Å². The number of hydrogen-bond donors (Lipinski definition) is 2. The second-order valence-electron chi connectivity index (χ2n) is 5.78. The third-order valence-corrected chi connectivity index (χ3v) is 4.63. The number of rotatable bonds is 5. The van der Waals surface area contributed by atoms with Crippen LogP contribution >= 0.6 is 22.6 Å². The molecule has 0 spiro atoms. The van der Waals surface area contributed by atoms with Crippen molar-refractivity contribution in [1.82, 2.24) is 4.98 Å². The van der Waals surface area contributed by atoms with Crippen molar-refractivity contribution in [3.05, 3.63) is 80.1 Å². The average Bonchev–Trinajstić information content (AvgIpc) is 2.66. The number of halogens is 5. The van der Waals surface area contributed by atoms with E-state index in [4.69, 9.17) is 5.73 Å². The van der Waals surface area contributed by atoms with Gasteiger partial charge in [0.05, 0.1) is 16.9 Å². The largest absolute Gasteiger partial charge is 0.381 e. The van der Waals surface area contributed by atoms with Crippen LogP contribution < -0.4 is 11.1 Å². The van der Waals surface area contributed by atoms with E-state index in [1.54, 1.807) is 6.07 Å². The third kappa shape index (κ3) is 3.93. The molecule has 0 atom stereocenters. The first-order valence-electron chi connectivity index (χ1n) is 7.81. The molecule has 0 saturated heterocycles. The molecule has 0 aliphatic heterocycles. The van der Waals surface area contributed by atoms with Gasteiger partial charge in [-0.2, -0.15) is 0 Å². The van der Waals surface area contributed by atoms with Gasteiger partial charge in [0, 0.05) is 16.2 Å². The first-order chi connectivity index (χ1) is 13.3. The molecule has 0 amide bonds. The van der Waals surface area contributed by atoms with E-state index in [0.29, 0.717) is 3.57 Å². The molecule has 3 aromatic rings. The van der Waals surface area contributed by atoms with Crippen LogP contribution in [0.15, 0.2) is 36.5 Å². The molecule has 2 aromatic carbocycles. The number of nitrogens with two attached hydrogens (primary N) is 1. The van der Waals surface area contributed by atoms with E-state index in [2.05, 4.69) is 10.3 Å². The number of anilines is 3. The first kappa shape index (κ1) is 20.1. The SMILES string of the molecule is Nc1nccc(Cc2cc([C]=O)c(Nc3ccc(I)cc3F)c(F)c2F)c1F. The number of aromatic nitrogens is 1. The molecule has 0 bridgehead atoms. The van der Waals surface area contributed by atoms with E-state index in [0.717, 1.165) is 6.07 Å². The molecule has 9 heteroatoms. The van der Waals surface area contributed by atoms with Crippen LogP contribution in [0.25, 0.3) is 0 Å². The lowest BCUT2D eigenvalue weighted by atomic mass is 10.0. The highest BCUT2D eigenvalue weighted by molar-refractivity contribution is 14.1. The Labute approximate surface area is 170 Å². The summed E-state index contributed by atoms with van der Waals surface area (Å²) in [6, 6.07) is 6.35. The zero-order valence-electron chi connectivity index (χ0n) is 14.0. The molecule has 0 aliphatic rings. The highest BCUT2D eigenvalue weighted by Gasteiger charge is 2.21. The molecule has 143 valence electrons. The van der Waals surface area contributed by atoms with Gasteiger partial charge in [0.1, 0.15) is 5.82 Å². The summed E-state index contributed by atoms with van der Waals surface area (Å²) >= 11 is 1.89. The molecule has 1 heterocycles. The van der Waals surface area contributed by atoms with Crippen molar-refractivity contribution < 1.29 is 22.4 Å². The Kier molecular flexibility index (Phi) is 5.82. The fraction of sp³-hybridized carbons (Fsp3) is 0.0526. The van der Waals surface area contributed by atoms with Crippen molar-refractivity contribution in [2.24, 2.45) is 0 Å². The van der Waals surface area contributed by atoms with Gasteiger partial charge in [-0.3, -0.25) is 4.79 Å². The van der Waals surface area contributed by atoms with Crippen LogP contribution in [0.1, 0.15) is 16.7 Å². The third-order valence-electron chi connectivity index (χ3n) is 3.96. The Bertz CT molecular complexity index is 1080. The molecule has 1 radical (unpaired) electrons. The van der Waals surface area contributed by atoms with Crippen molar-refractivity contribution in [3.63, 3.8) is 0 Å². The van der Waals surface area contributed by atoms with Gasteiger partial charge in [0.2, 0.25) is 6.29 Å². The maximum Gasteiger partial charge on any atom is 0.235 e. The Morgan fingerprint density at radius 2 is 1.79 bits per heavy atom. The van der Waals surface area contributed by atoms with Gasteiger partial charge >= 0.3 is 0 Å². The number of carbonyl (C=O) groups excluding carboxylic acids is 1. The lowest BCUT2D eigenvalue weighted by Crippen LogP contribution is -2.08. The Morgan fingerprint density at radius 3 is 2.46 bits per heavy atom. The molecule has 0 unspecified atom stereocenters. The van der Waals surface area contributed by atoms with E-state index in [1.807, 2.05) is 22.6 Å². The van der Waals surface area contributed by atoms with Crippen LogP contribution in [0.5, 0.6) is 0 Å². The molecule has 4 nitrogen and oxygen atoms in total. The smallest absolute Gasteiger partial charge is 0.235 e. The lowest BCUT2D eigenvalue weighted by Gasteiger charge is -2.14. The topological polar surface area (TPSA) is 68.0 Å². The molecule has 0 aliphatic carbocycles. The lowest BCUT2D eigenvalue weighted by molar-refractivity contribution is 0.501. The quantitative estimate of drug-likeness (QED) is 0.397. The minimum Gasteiger partial charge on any atom is -0.381 e. The summed E-state index contributed by atoms with van der Waals surface area (Å²) in [5.74, 6) is -4.66. The van der Waals surface area contributed by atoms with Crippen molar-refractivity contribution >= 4 is 46.1 Å². The summed E-state index contributed by atoms with van der Waals surface area (Å²) in [6.07, 6.45) is 2.35. The van der Waals surface area contributed by atoms with Crippen LogP contribution in [-0.2, 0) is 11.2 Å². The van der Waals surface area contributed by atoms with Crippen molar-refractivity contribution in [1.29, 1.82) is 0 Å². The zero-order valence-corrected chi connectivity index (χ0v) is 16.2. The van der Waals surface area contributed by atoms with Gasteiger partial charge in [-0.05, 0) is 64.0 Å². The van der Waals surface area contributed by atoms with Gasteiger partial charge in [-0.1, -0.05) is 0 Å². The molecule has 1 aromatic heterocycles. The Balaban J connectivity index is 2.03. The van der Waals surface area contributed by atoms with Gasteiger partial charge in [-0.25, -0.2) is 22.5 Å². The zero-order chi connectivity index (χ0) is 20.4. The van der Waals surface area contributed by atoms with E-state index < -0.39 is 29.0 Å². The van der Waals surface area contributed by atoms with Crippen LogP contribution in [0.2, 0.25) is 0 Å². The minimum atomic E-state index is -1.41. The summed E-state index contributed by atoms with van der Waals surface area (Å²) in [5.41, 5.74) is 3.99. The van der Waals surface area contributed by atoms with Crippen molar-refractivity contribution in [2.75, 3.05) is 11.1 Å². The number of nitrogens with zero attached hydrogens (tertiary/aromatic N) is 1. The van der Waals surface area contributed by atoms with Crippen molar-refractivity contribution in [3.8, 4) is 0 Å². The maximum absolute atomic E-state index is 14.6. The van der Waals surface area contributed by atoms with Gasteiger partial charge in [-0.15, -0.1) is 0 Å². The number of nitrogens with one attached hydrogen (secondary N) is 1. The average molecular weight is 500 g/mol. The number of hydrogen-bond acceptors (Lipinski definition) is 4. The summed E-state index contributed by atoms with van der Waals surface area (Å²) in [4.78, 5) is 14.8. The van der Waals surface area contributed by atoms with E-state index >= 15 is 0 Å². The second-order valence-corrected chi connectivity index (χ2v) is 7.03. The van der Waals surface area contributed by atoms with Crippen LogP contribution in [0.4, 0.5) is 34.8 Å². The Morgan fingerprint density at radius 1 is 1.04 bits per heavy atom. The first-order valence-corrected chi connectivity index (χ1v) is 8.89. The van der Waals surface area contributed by atoms with Crippen molar-refractivity contribution in [2.45, 2.75) is 6.42 Å². The standard InChI is InChI=1S/C19H11F4IN3O/c20-13-7-12(24)1-2-14(13)27-18-11(8-28)6-10(15(21)17(18)23)5-9-3-4-26-19(25)16(9)22/h1-4,6-7,27H,5H2,(H2,25,26). The van der Waals surface area contributed by atoms with Gasteiger partial charge in [0.25, 0.3) is 0 Å². The molecule has 3 rings (SSSR count). The minimum absolute atomic E-state index is 0.0213. The summed E-state index contributed by atoms with van der Waals surface area (Å²) in [7, 11) is 0. The van der Waals surface area contributed by atoms with Crippen LogP contribution in [-0.4, -0.2) is 11.3 Å². The molecule has 28 heavy (non-hydrogen) atoms. The summed E-state index contributed by atoms with van der Waals surface area (Å²) < 4.78 is 57.8. The van der Waals surface area contributed by atoms with E-state index in [-0.39, 0.29) is 34.6 Å². The number of benzene rings is 2. The normalized spacial score (nSPS) is 10.8. The monoisotopic (exact) mass is 500 g/mol. The van der Waals surface area contributed by atoms with Crippen LogP contribution in [0.3, 0.4) is 0 Å². The highest BCUT2D eigenvalue weighted by atomic mass is 127. The fourth-order valence-electron chi connectivity index (χ4n) is 2.58. The number of pyridine rings is 1. The maximum atomic E-state index is 14.6. The second kappa shape index (κ2) is 8.13.